The molecule has 0 atom stereocenters. The number of aryl methyl sites for hydroxylation is 1. The molecule has 0 saturated carbocycles. The summed E-state index contributed by atoms with van der Waals surface area (Å²) in [6, 6.07) is 8.00. The lowest BCUT2D eigenvalue weighted by Gasteiger charge is -2.06. The van der Waals surface area contributed by atoms with Crippen LogP contribution < -0.4 is 0 Å². The number of benzene rings is 1. The third-order valence-corrected chi connectivity index (χ3v) is 3.21. The minimum atomic E-state index is 0.318. The van der Waals surface area contributed by atoms with Crippen LogP contribution in [0.5, 0.6) is 0 Å². The molecule has 0 aliphatic carbocycles. The Bertz CT molecular complexity index is 341. The standard InChI is InChI=1S/C16H24O/c1-3-5-6-7-8-13-16(17)15-12-10-9-11-14(15)4-2/h9-12H,3-8,13H2,1-2H3. The van der Waals surface area contributed by atoms with Gasteiger partial charge in [-0.05, 0) is 18.4 Å². The van der Waals surface area contributed by atoms with Crippen molar-refractivity contribution in [2.24, 2.45) is 0 Å². The highest BCUT2D eigenvalue weighted by atomic mass is 16.1. The van der Waals surface area contributed by atoms with Gasteiger partial charge in [0.25, 0.3) is 0 Å². The summed E-state index contributed by atoms with van der Waals surface area (Å²) in [5.74, 6) is 0.318. The van der Waals surface area contributed by atoms with Gasteiger partial charge in [-0.25, -0.2) is 0 Å². The summed E-state index contributed by atoms with van der Waals surface area (Å²) in [6.45, 7) is 4.32. The van der Waals surface area contributed by atoms with Gasteiger partial charge in [-0.2, -0.15) is 0 Å². The minimum absolute atomic E-state index is 0.318. The molecule has 0 unspecified atom stereocenters. The van der Waals surface area contributed by atoms with Crippen LogP contribution >= 0.6 is 0 Å². The molecule has 1 nitrogen and oxygen atoms in total. The molecule has 1 heteroatoms. The van der Waals surface area contributed by atoms with Crippen LogP contribution in [0.25, 0.3) is 0 Å². The Morgan fingerprint density at radius 1 is 1.00 bits per heavy atom. The van der Waals surface area contributed by atoms with Crippen LogP contribution in [0.15, 0.2) is 24.3 Å². The molecule has 0 heterocycles. The lowest BCUT2D eigenvalue weighted by Crippen LogP contribution is -2.03. The van der Waals surface area contributed by atoms with Crippen molar-refractivity contribution in [3.63, 3.8) is 0 Å². The molecule has 0 aromatic heterocycles. The van der Waals surface area contributed by atoms with E-state index < -0.39 is 0 Å². The van der Waals surface area contributed by atoms with Crippen molar-refractivity contribution >= 4 is 5.78 Å². The van der Waals surface area contributed by atoms with Gasteiger partial charge in [0.2, 0.25) is 0 Å². The predicted octanol–water partition coefficient (Wildman–Crippen LogP) is 4.79. The molecule has 0 aliphatic rings. The Balaban J connectivity index is 2.41. The van der Waals surface area contributed by atoms with E-state index in [1.54, 1.807) is 0 Å². The molecule has 1 aromatic rings. The molecule has 0 saturated heterocycles. The molecule has 0 aliphatic heterocycles. The van der Waals surface area contributed by atoms with Crippen LogP contribution in [0.3, 0.4) is 0 Å². The zero-order valence-corrected chi connectivity index (χ0v) is 11.2. The molecular formula is C16H24O. The van der Waals surface area contributed by atoms with E-state index in [1.165, 1.54) is 31.2 Å². The zero-order valence-electron chi connectivity index (χ0n) is 11.2. The molecule has 17 heavy (non-hydrogen) atoms. The molecule has 0 bridgehead atoms. The van der Waals surface area contributed by atoms with Gasteiger partial charge >= 0.3 is 0 Å². The minimum Gasteiger partial charge on any atom is -0.294 e. The second-order valence-electron chi connectivity index (χ2n) is 4.60. The van der Waals surface area contributed by atoms with Crippen LogP contribution in [-0.4, -0.2) is 5.78 Å². The van der Waals surface area contributed by atoms with Crippen molar-refractivity contribution in [2.45, 2.75) is 58.8 Å². The molecule has 0 spiro atoms. The molecule has 0 radical (unpaired) electrons. The van der Waals surface area contributed by atoms with Crippen molar-refractivity contribution in [1.82, 2.24) is 0 Å². The fourth-order valence-corrected chi connectivity index (χ4v) is 2.12. The summed E-state index contributed by atoms with van der Waals surface area (Å²) in [7, 11) is 0. The molecule has 0 fully saturated rings. The highest BCUT2D eigenvalue weighted by Gasteiger charge is 2.08. The van der Waals surface area contributed by atoms with Crippen molar-refractivity contribution in [2.75, 3.05) is 0 Å². The third kappa shape index (κ3) is 4.72. The summed E-state index contributed by atoms with van der Waals surface area (Å²) in [6.07, 6.45) is 7.69. The van der Waals surface area contributed by atoms with Gasteiger partial charge in [0, 0.05) is 12.0 Å². The summed E-state index contributed by atoms with van der Waals surface area (Å²) < 4.78 is 0. The van der Waals surface area contributed by atoms with Crippen LogP contribution in [0.4, 0.5) is 0 Å². The van der Waals surface area contributed by atoms with Crippen molar-refractivity contribution < 1.29 is 4.79 Å². The van der Waals surface area contributed by atoms with E-state index in [0.29, 0.717) is 12.2 Å². The van der Waals surface area contributed by atoms with Gasteiger partial charge in [-0.3, -0.25) is 4.79 Å². The Kier molecular flexibility index (Phi) is 6.61. The van der Waals surface area contributed by atoms with Crippen LogP contribution in [0.2, 0.25) is 0 Å². The SMILES string of the molecule is CCCCCCCC(=O)c1ccccc1CC. The smallest absolute Gasteiger partial charge is 0.163 e. The second-order valence-corrected chi connectivity index (χ2v) is 4.60. The average molecular weight is 232 g/mol. The first-order valence-electron chi connectivity index (χ1n) is 6.90. The quantitative estimate of drug-likeness (QED) is 0.465. The summed E-state index contributed by atoms with van der Waals surface area (Å²) in [5, 5.41) is 0. The summed E-state index contributed by atoms with van der Waals surface area (Å²) in [4.78, 5) is 12.1. The highest BCUT2D eigenvalue weighted by molar-refractivity contribution is 5.97. The number of hydrogen-bond donors (Lipinski definition) is 0. The Hall–Kier alpha value is -1.11. The zero-order chi connectivity index (χ0) is 12.5. The Labute approximate surface area is 105 Å². The molecule has 1 aromatic carbocycles. The first-order chi connectivity index (χ1) is 8.29. The molecule has 0 amide bonds. The van der Waals surface area contributed by atoms with E-state index in [9.17, 15) is 4.79 Å². The van der Waals surface area contributed by atoms with Crippen LogP contribution in [-0.2, 0) is 6.42 Å². The maximum Gasteiger partial charge on any atom is 0.163 e. The molecule has 0 N–H and O–H groups in total. The average Bonchev–Trinajstić information content (AvgIpc) is 2.38. The maximum absolute atomic E-state index is 12.1. The van der Waals surface area contributed by atoms with Crippen LogP contribution in [0.1, 0.15) is 68.3 Å². The van der Waals surface area contributed by atoms with E-state index in [1.807, 2.05) is 18.2 Å². The monoisotopic (exact) mass is 232 g/mol. The van der Waals surface area contributed by atoms with E-state index in [0.717, 1.165) is 18.4 Å². The van der Waals surface area contributed by atoms with Crippen molar-refractivity contribution in [3.05, 3.63) is 35.4 Å². The number of rotatable bonds is 8. The predicted molar refractivity (Wildman–Crippen MR) is 73.5 cm³/mol. The Morgan fingerprint density at radius 3 is 2.41 bits per heavy atom. The fourth-order valence-electron chi connectivity index (χ4n) is 2.12. The number of hydrogen-bond acceptors (Lipinski definition) is 1. The first-order valence-corrected chi connectivity index (χ1v) is 6.90. The second kappa shape index (κ2) is 8.05. The Morgan fingerprint density at radius 2 is 1.71 bits per heavy atom. The topological polar surface area (TPSA) is 17.1 Å². The van der Waals surface area contributed by atoms with Gasteiger partial charge < -0.3 is 0 Å². The van der Waals surface area contributed by atoms with E-state index in [4.69, 9.17) is 0 Å². The highest BCUT2D eigenvalue weighted by Crippen LogP contribution is 2.14. The lowest BCUT2D eigenvalue weighted by molar-refractivity contribution is 0.0978. The summed E-state index contributed by atoms with van der Waals surface area (Å²) in [5.41, 5.74) is 2.12. The number of unbranched alkanes of at least 4 members (excludes halogenated alkanes) is 4. The fraction of sp³-hybridized carbons (Fsp3) is 0.562. The maximum atomic E-state index is 12.1. The van der Waals surface area contributed by atoms with Gasteiger partial charge in [0.05, 0.1) is 0 Å². The summed E-state index contributed by atoms with van der Waals surface area (Å²) >= 11 is 0. The number of Topliss-reactive ketones (excluding diaryl/α,β-unsaturated/α-hetero) is 1. The van der Waals surface area contributed by atoms with E-state index in [-0.39, 0.29) is 0 Å². The lowest BCUT2D eigenvalue weighted by atomic mass is 9.98. The van der Waals surface area contributed by atoms with Crippen molar-refractivity contribution in [3.8, 4) is 0 Å². The van der Waals surface area contributed by atoms with Gasteiger partial charge in [0.15, 0.2) is 5.78 Å². The molecule has 1 rings (SSSR count). The van der Waals surface area contributed by atoms with Crippen LogP contribution in [0, 0.1) is 0 Å². The molecular weight excluding hydrogens is 208 g/mol. The van der Waals surface area contributed by atoms with Crippen molar-refractivity contribution in [1.29, 1.82) is 0 Å². The van der Waals surface area contributed by atoms with Gasteiger partial charge in [-0.1, -0.05) is 63.8 Å². The van der Waals surface area contributed by atoms with E-state index in [2.05, 4.69) is 19.9 Å². The van der Waals surface area contributed by atoms with Gasteiger partial charge in [-0.15, -0.1) is 0 Å². The van der Waals surface area contributed by atoms with E-state index >= 15 is 0 Å². The number of carbonyl (C=O) groups is 1. The number of carbonyl (C=O) groups excluding carboxylic acids is 1. The molecule has 94 valence electrons. The largest absolute Gasteiger partial charge is 0.294 e. The normalized spacial score (nSPS) is 10.5. The van der Waals surface area contributed by atoms with Gasteiger partial charge in [0.1, 0.15) is 0 Å². The number of ketones is 1. The third-order valence-electron chi connectivity index (χ3n) is 3.21. The first kappa shape index (κ1) is 14.0.